The molecule has 0 radical (unpaired) electrons. The van der Waals surface area contributed by atoms with E-state index in [2.05, 4.69) is 67.4 Å². The van der Waals surface area contributed by atoms with Crippen LogP contribution in [0.25, 0.3) is 27.0 Å². The van der Waals surface area contributed by atoms with E-state index >= 15 is 0 Å². The van der Waals surface area contributed by atoms with Gasteiger partial charge in [0.25, 0.3) is 5.91 Å². The molecule has 6 bridgehead atoms. The van der Waals surface area contributed by atoms with Crippen molar-refractivity contribution < 1.29 is 33.4 Å². The number of aryl methyl sites for hydroxylation is 1. The quantitative estimate of drug-likeness (QED) is 0.0963. The van der Waals surface area contributed by atoms with E-state index < -0.39 is 47.2 Å². The van der Waals surface area contributed by atoms with E-state index in [4.69, 9.17) is 19.5 Å². The van der Waals surface area contributed by atoms with Crippen LogP contribution in [0.4, 0.5) is 0 Å². The highest BCUT2D eigenvalue weighted by Gasteiger charge is 2.40. The Balaban J connectivity index is 1.42. The van der Waals surface area contributed by atoms with Crippen LogP contribution >= 0.6 is 11.3 Å². The second-order valence-electron chi connectivity index (χ2n) is 18.4. The second-order valence-corrected chi connectivity index (χ2v) is 19.2. The monoisotopic (exact) mass is 910 g/mol. The van der Waals surface area contributed by atoms with Crippen molar-refractivity contribution in [3.63, 3.8) is 0 Å². The molecule has 0 saturated carbocycles. The number of nitrogens with zero attached hydrogens (tertiary/aromatic N) is 6. The molecule has 15 nitrogen and oxygen atoms in total. The van der Waals surface area contributed by atoms with Gasteiger partial charge in [-0.1, -0.05) is 46.9 Å². The molecule has 6 rings (SSSR count). The lowest BCUT2D eigenvalue weighted by atomic mass is 9.84. The van der Waals surface area contributed by atoms with E-state index in [1.807, 2.05) is 39.2 Å². The average Bonchev–Trinajstić information content (AvgIpc) is 4.05. The van der Waals surface area contributed by atoms with Gasteiger partial charge >= 0.3 is 5.97 Å². The molecule has 16 heteroatoms. The molecule has 5 atom stereocenters. The Kier molecular flexibility index (Phi) is 15.7. The van der Waals surface area contributed by atoms with Crippen molar-refractivity contribution in [3.8, 4) is 10.6 Å². The van der Waals surface area contributed by atoms with Gasteiger partial charge in [-0.15, -0.1) is 11.3 Å². The number of hydrogen-bond donors (Lipinski definition) is 2. The summed E-state index contributed by atoms with van der Waals surface area (Å²) in [5.74, 6) is -2.68. The van der Waals surface area contributed by atoms with E-state index in [1.165, 1.54) is 27.3 Å². The number of hydrogen-bond acceptors (Lipinski definition) is 11. The molecule has 3 aliphatic rings. The largest absolute Gasteiger partial charge is 0.464 e. The summed E-state index contributed by atoms with van der Waals surface area (Å²) in [6, 6.07) is 3.50. The second kappa shape index (κ2) is 20.8. The standard InChI is InChI=1S/C49H66N8O7S/c1-12-34(41(50-14-3)30(7)63-11)43-36-25-49(8,9)28-64-48(62)37-17-16-21-57(53-37)47(61)38(24-33-27-65-45(51-33)31-18-19-39(35(36)23-31)56(43)15-4)52-44(59)42(29(5)6)54(10)46(60)32-20-22-55(26-32)40(58)13-2/h12-14,18-19,23,27,29-30,32,37-38,42,53H,1-2,15-17,20-22,24-26,28H2,3-11H3,(H,52,59)/b41-34+,50-14-/t30-,32-,37-,38-,42-/m0/s1. The molecule has 0 unspecified atom stereocenters. The number of hydrazine groups is 1. The number of benzene rings is 1. The minimum absolute atomic E-state index is 0.0576. The third kappa shape index (κ3) is 10.5. The van der Waals surface area contributed by atoms with E-state index in [-0.39, 0.29) is 43.4 Å². The highest BCUT2D eigenvalue weighted by Crippen LogP contribution is 2.40. The van der Waals surface area contributed by atoms with Crippen LogP contribution in [0.5, 0.6) is 0 Å². The van der Waals surface area contributed by atoms with Crippen LogP contribution in [0.15, 0.2) is 59.6 Å². The predicted octanol–water partition coefficient (Wildman–Crippen LogP) is 5.97. The SMILES string of the molecule is C=CC(=O)N1CC[C@H](C(=O)N(C)[C@H](C(=O)N[C@H]2Cc3csc(n3)-c3ccc4c(c3)c(c(/C(C=C)=C(/N=C\C)[C@H](C)OC)n4CC)CC(C)(C)COC(=O)[C@@H]3CCCN(N3)C2=O)C(C)C)C1. The summed E-state index contributed by atoms with van der Waals surface area (Å²) in [7, 11) is 3.26. The van der Waals surface area contributed by atoms with Gasteiger partial charge in [0.15, 0.2) is 0 Å². The molecule has 3 aliphatic heterocycles. The van der Waals surface area contributed by atoms with Crippen LogP contribution in [0.1, 0.15) is 84.7 Å². The molecule has 65 heavy (non-hydrogen) atoms. The van der Waals surface area contributed by atoms with Crippen molar-refractivity contribution in [2.75, 3.05) is 40.4 Å². The third-order valence-corrected chi connectivity index (χ3v) is 13.7. The summed E-state index contributed by atoms with van der Waals surface area (Å²) in [5.41, 5.74) is 8.71. The van der Waals surface area contributed by atoms with Gasteiger partial charge < -0.3 is 29.2 Å². The molecule has 4 amide bonds. The summed E-state index contributed by atoms with van der Waals surface area (Å²) < 4.78 is 14.2. The molecule has 5 heterocycles. The molecule has 2 fully saturated rings. The van der Waals surface area contributed by atoms with Gasteiger partial charge in [-0.3, -0.25) is 34.0 Å². The zero-order chi connectivity index (χ0) is 47.3. The number of carbonyl (C=O) groups excluding carboxylic acids is 5. The van der Waals surface area contributed by atoms with E-state index in [0.29, 0.717) is 51.0 Å². The summed E-state index contributed by atoms with van der Waals surface area (Å²) in [4.78, 5) is 81.9. The molecule has 350 valence electrons. The molecule has 2 saturated heterocycles. The average molecular weight is 911 g/mol. The smallest absolute Gasteiger partial charge is 0.324 e. The lowest BCUT2D eigenvalue weighted by Gasteiger charge is -2.37. The fraction of sp³-hybridized carbons (Fsp3) is 0.531. The van der Waals surface area contributed by atoms with Crippen LogP contribution in [0.3, 0.4) is 0 Å². The van der Waals surface area contributed by atoms with E-state index in [9.17, 15) is 24.0 Å². The molecule has 3 aromatic rings. The number of methoxy groups -OCH3 is 1. The molecule has 2 aromatic heterocycles. The number of likely N-dealkylation sites (N-methyl/N-ethyl adjacent to an activating group) is 1. The number of aromatic nitrogens is 2. The van der Waals surface area contributed by atoms with Crippen molar-refractivity contribution in [3.05, 3.63) is 71.5 Å². The van der Waals surface area contributed by atoms with E-state index in [1.54, 1.807) is 25.3 Å². The van der Waals surface area contributed by atoms with Gasteiger partial charge in [0.2, 0.25) is 17.7 Å². The minimum atomic E-state index is -1.09. The first-order valence-electron chi connectivity index (χ1n) is 22.7. The molecular formula is C49H66N8O7S. The van der Waals surface area contributed by atoms with Crippen molar-refractivity contribution in [1.82, 2.24) is 35.1 Å². The maximum absolute atomic E-state index is 14.6. The maximum Gasteiger partial charge on any atom is 0.324 e. The van der Waals surface area contributed by atoms with Gasteiger partial charge in [-0.2, -0.15) is 0 Å². The van der Waals surface area contributed by atoms with Gasteiger partial charge in [-0.05, 0) is 82.2 Å². The Labute approximate surface area is 387 Å². The van der Waals surface area contributed by atoms with Crippen LogP contribution in [-0.2, 0) is 52.8 Å². The highest BCUT2D eigenvalue weighted by atomic mass is 32.1. The highest BCUT2D eigenvalue weighted by molar-refractivity contribution is 7.13. The first-order chi connectivity index (χ1) is 31.0. The Morgan fingerprint density at radius 1 is 1.15 bits per heavy atom. The number of esters is 1. The molecule has 1 aromatic carbocycles. The maximum atomic E-state index is 14.6. The topological polar surface area (TPSA) is 168 Å². The Morgan fingerprint density at radius 2 is 1.91 bits per heavy atom. The fourth-order valence-corrected chi connectivity index (χ4v) is 10.2. The number of amides is 4. The first-order valence-corrected chi connectivity index (χ1v) is 23.6. The van der Waals surface area contributed by atoms with Crippen molar-refractivity contribution in [1.29, 1.82) is 0 Å². The van der Waals surface area contributed by atoms with Crippen molar-refractivity contribution in [2.45, 2.75) is 111 Å². The number of cyclic esters (lactones) is 1. The van der Waals surface area contributed by atoms with Gasteiger partial charge in [-0.25, -0.2) is 10.4 Å². The number of nitrogens with one attached hydrogen (secondary N) is 2. The lowest BCUT2D eigenvalue weighted by molar-refractivity contribution is -0.155. The number of ether oxygens (including phenoxy) is 2. The van der Waals surface area contributed by atoms with Gasteiger partial charge in [0.05, 0.1) is 35.7 Å². The molecule has 0 spiro atoms. The van der Waals surface area contributed by atoms with E-state index in [0.717, 1.165) is 44.0 Å². The Hall–Kier alpha value is -5.45. The number of aliphatic imine (C=N–C) groups is 1. The number of rotatable bonds is 12. The first kappa shape index (κ1) is 49.0. The van der Waals surface area contributed by atoms with Crippen LogP contribution in [0.2, 0.25) is 0 Å². The fourth-order valence-electron chi connectivity index (χ4n) is 9.38. The zero-order valence-corrected chi connectivity index (χ0v) is 40.3. The molecule has 0 aliphatic carbocycles. The number of thiazole rings is 1. The van der Waals surface area contributed by atoms with Crippen LogP contribution in [-0.4, -0.2) is 125 Å². The third-order valence-electron chi connectivity index (χ3n) is 12.7. The van der Waals surface area contributed by atoms with Crippen molar-refractivity contribution >= 4 is 63.6 Å². The number of fused-ring (bicyclic) bond motifs is 6. The van der Waals surface area contributed by atoms with Crippen LogP contribution in [0, 0.1) is 17.3 Å². The minimum Gasteiger partial charge on any atom is -0.464 e. The number of carbonyl (C=O) groups is 5. The predicted molar refractivity (Wildman–Crippen MR) is 255 cm³/mol. The Morgan fingerprint density at radius 3 is 2.57 bits per heavy atom. The van der Waals surface area contributed by atoms with Gasteiger partial charge in [0.1, 0.15) is 23.1 Å². The normalized spacial score (nSPS) is 21.7. The van der Waals surface area contributed by atoms with Crippen molar-refractivity contribution in [2.24, 2.45) is 22.2 Å². The zero-order valence-electron chi connectivity index (χ0n) is 39.4. The summed E-state index contributed by atoms with van der Waals surface area (Å²) >= 11 is 1.45. The summed E-state index contributed by atoms with van der Waals surface area (Å²) in [6.07, 6.45) is 6.57. The molecular weight excluding hydrogens is 845 g/mol. The number of allylic oxidation sites excluding steroid dienone is 2. The Bertz CT molecular complexity index is 2380. The van der Waals surface area contributed by atoms with Crippen LogP contribution < -0.4 is 10.7 Å². The molecule has 2 N–H and O–H groups in total. The lowest BCUT2D eigenvalue weighted by Crippen LogP contribution is -2.62. The van der Waals surface area contributed by atoms with Gasteiger partial charge in [0, 0.05) is 85.8 Å². The summed E-state index contributed by atoms with van der Waals surface area (Å²) in [6.45, 7) is 23.4. The summed E-state index contributed by atoms with van der Waals surface area (Å²) in [5, 5.41) is 8.09. The number of likely N-dealkylation sites (tertiary alicyclic amines) is 1.